The molecule has 0 aromatic heterocycles. The molecule has 0 aliphatic rings. The second-order valence-electron chi connectivity index (χ2n) is 3.58. The molecule has 0 atom stereocenters. The Kier molecular flexibility index (Phi) is 4.80. The molecule has 90 valence electrons. The lowest BCUT2D eigenvalue weighted by molar-refractivity contribution is 0.340. The van der Waals surface area contributed by atoms with Crippen molar-refractivity contribution in [3.8, 4) is 5.75 Å². The van der Waals surface area contributed by atoms with Crippen molar-refractivity contribution in [2.24, 2.45) is 0 Å². The zero-order valence-electron chi connectivity index (χ0n) is 9.77. The molecule has 0 aliphatic carbocycles. The number of benzene rings is 1. The van der Waals surface area contributed by atoms with Gasteiger partial charge in [-0.15, -0.1) is 0 Å². The van der Waals surface area contributed by atoms with Crippen LogP contribution in [0.1, 0.15) is 26.7 Å². The Balaban J connectivity index is 2.80. The van der Waals surface area contributed by atoms with Gasteiger partial charge in [0.15, 0.2) is 9.84 Å². The summed E-state index contributed by atoms with van der Waals surface area (Å²) in [6, 6.07) is 6.61. The zero-order valence-corrected chi connectivity index (χ0v) is 10.6. The first kappa shape index (κ1) is 13.0. The molecular weight excluding hydrogens is 224 g/mol. The van der Waals surface area contributed by atoms with Gasteiger partial charge in [-0.05, 0) is 37.6 Å². The highest BCUT2D eigenvalue weighted by Crippen LogP contribution is 2.17. The number of unbranched alkanes of at least 4 members (excludes halogenated alkanes) is 1. The van der Waals surface area contributed by atoms with Gasteiger partial charge in [-0.3, -0.25) is 0 Å². The van der Waals surface area contributed by atoms with Crippen LogP contribution < -0.4 is 4.74 Å². The van der Waals surface area contributed by atoms with E-state index in [9.17, 15) is 8.42 Å². The van der Waals surface area contributed by atoms with Gasteiger partial charge in [0.2, 0.25) is 0 Å². The van der Waals surface area contributed by atoms with Crippen molar-refractivity contribution in [2.45, 2.75) is 31.6 Å². The number of rotatable bonds is 6. The summed E-state index contributed by atoms with van der Waals surface area (Å²) in [5.41, 5.74) is 0. The van der Waals surface area contributed by atoms with Gasteiger partial charge in [-0.2, -0.15) is 0 Å². The van der Waals surface area contributed by atoms with E-state index in [4.69, 9.17) is 4.74 Å². The second kappa shape index (κ2) is 5.89. The van der Waals surface area contributed by atoms with Gasteiger partial charge >= 0.3 is 0 Å². The molecule has 0 unspecified atom stereocenters. The van der Waals surface area contributed by atoms with Gasteiger partial charge in [0.25, 0.3) is 0 Å². The Morgan fingerprint density at radius 3 is 2.25 bits per heavy atom. The molecule has 0 spiro atoms. The van der Waals surface area contributed by atoms with Crippen LogP contribution in [0.25, 0.3) is 0 Å². The Labute approximate surface area is 97.4 Å². The van der Waals surface area contributed by atoms with Crippen LogP contribution in [-0.4, -0.2) is 20.8 Å². The van der Waals surface area contributed by atoms with Crippen molar-refractivity contribution < 1.29 is 13.2 Å². The SMILES string of the molecule is CCCCS(=O)(=O)c1ccc(OCC)cc1. The summed E-state index contributed by atoms with van der Waals surface area (Å²) in [6.45, 7) is 4.46. The summed E-state index contributed by atoms with van der Waals surface area (Å²) >= 11 is 0. The molecule has 0 saturated carbocycles. The topological polar surface area (TPSA) is 43.4 Å². The molecule has 0 bridgehead atoms. The smallest absolute Gasteiger partial charge is 0.178 e. The molecule has 1 aromatic rings. The van der Waals surface area contributed by atoms with Gasteiger partial charge in [-0.25, -0.2) is 8.42 Å². The molecule has 1 aromatic carbocycles. The van der Waals surface area contributed by atoms with Crippen LogP contribution in [0.15, 0.2) is 29.2 Å². The van der Waals surface area contributed by atoms with Gasteiger partial charge in [-0.1, -0.05) is 13.3 Å². The third kappa shape index (κ3) is 3.52. The molecule has 0 heterocycles. The lowest BCUT2D eigenvalue weighted by atomic mass is 10.3. The maximum Gasteiger partial charge on any atom is 0.178 e. The molecule has 1 rings (SSSR count). The fraction of sp³-hybridized carbons (Fsp3) is 0.500. The van der Waals surface area contributed by atoms with Crippen molar-refractivity contribution in [1.82, 2.24) is 0 Å². The van der Waals surface area contributed by atoms with Gasteiger partial charge in [0, 0.05) is 0 Å². The van der Waals surface area contributed by atoms with Crippen LogP contribution in [0.3, 0.4) is 0 Å². The average Bonchev–Trinajstić information content (AvgIpc) is 2.28. The lowest BCUT2D eigenvalue weighted by Crippen LogP contribution is -2.06. The van der Waals surface area contributed by atoms with E-state index >= 15 is 0 Å². The minimum atomic E-state index is -3.11. The van der Waals surface area contributed by atoms with E-state index < -0.39 is 9.84 Å². The standard InChI is InChI=1S/C12H18O3S/c1-3-5-10-16(13,14)12-8-6-11(7-9-12)15-4-2/h6-9H,3-5,10H2,1-2H3. The van der Waals surface area contributed by atoms with E-state index in [0.29, 0.717) is 23.7 Å². The lowest BCUT2D eigenvalue weighted by Gasteiger charge is -2.05. The molecule has 0 radical (unpaired) electrons. The molecule has 0 saturated heterocycles. The van der Waals surface area contributed by atoms with Crippen LogP contribution in [0.5, 0.6) is 5.75 Å². The monoisotopic (exact) mass is 242 g/mol. The maximum atomic E-state index is 11.8. The molecular formula is C12H18O3S. The third-order valence-electron chi connectivity index (χ3n) is 2.26. The van der Waals surface area contributed by atoms with Crippen molar-refractivity contribution in [3.05, 3.63) is 24.3 Å². The number of hydrogen-bond donors (Lipinski definition) is 0. The predicted octanol–water partition coefficient (Wildman–Crippen LogP) is 2.66. The fourth-order valence-electron chi connectivity index (χ4n) is 1.36. The first-order chi connectivity index (χ1) is 7.60. The molecule has 0 amide bonds. The van der Waals surface area contributed by atoms with Crippen molar-refractivity contribution in [3.63, 3.8) is 0 Å². The van der Waals surface area contributed by atoms with Crippen molar-refractivity contribution >= 4 is 9.84 Å². The second-order valence-corrected chi connectivity index (χ2v) is 5.69. The Bertz CT molecular complexity index is 406. The highest BCUT2D eigenvalue weighted by atomic mass is 32.2. The van der Waals surface area contributed by atoms with Gasteiger partial charge in [0.1, 0.15) is 5.75 Å². The minimum absolute atomic E-state index is 0.220. The molecule has 4 heteroatoms. The fourth-order valence-corrected chi connectivity index (χ4v) is 2.82. The van der Waals surface area contributed by atoms with Crippen LogP contribution in [-0.2, 0) is 9.84 Å². The first-order valence-corrected chi connectivity index (χ1v) is 7.21. The Morgan fingerprint density at radius 2 is 1.75 bits per heavy atom. The molecule has 0 N–H and O–H groups in total. The minimum Gasteiger partial charge on any atom is -0.494 e. The van der Waals surface area contributed by atoms with Crippen LogP contribution in [0, 0.1) is 0 Å². The van der Waals surface area contributed by atoms with Gasteiger partial charge < -0.3 is 4.74 Å². The van der Waals surface area contributed by atoms with E-state index in [1.54, 1.807) is 24.3 Å². The summed E-state index contributed by atoms with van der Waals surface area (Å²) < 4.78 is 28.9. The molecule has 0 fully saturated rings. The zero-order chi connectivity index (χ0) is 12.0. The van der Waals surface area contributed by atoms with Crippen molar-refractivity contribution in [1.29, 1.82) is 0 Å². The number of ether oxygens (including phenoxy) is 1. The maximum absolute atomic E-state index is 11.8. The largest absolute Gasteiger partial charge is 0.494 e. The van der Waals surface area contributed by atoms with Crippen LogP contribution >= 0.6 is 0 Å². The first-order valence-electron chi connectivity index (χ1n) is 5.55. The summed E-state index contributed by atoms with van der Waals surface area (Å²) in [7, 11) is -3.11. The van der Waals surface area contributed by atoms with E-state index in [2.05, 4.69) is 0 Å². The summed E-state index contributed by atoms with van der Waals surface area (Å²) in [6.07, 6.45) is 1.59. The molecule has 0 aliphatic heterocycles. The summed E-state index contributed by atoms with van der Waals surface area (Å²) in [4.78, 5) is 0.379. The van der Waals surface area contributed by atoms with Gasteiger partial charge in [0.05, 0.1) is 17.3 Å². The van der Waals surface area contributed by atoms with Crippen molar-refractivity contribution in [2.75, 3.05) is 12.4 Å². The van der Waals surface area contributed by atoms with E-state index in [1.165, 1.54) is 0 Å². The number of sulfone groups is 1. The van der Waals surface area contributed by atoms with E-state index in [1.807, 2.05) is 13.8 Å². The van der Waals surface area contributed by atoms with Crippen LogP contribution in [0.4, 0.5) is 0 Å². The summed E-state index contributed by atoms with van der Waals surface area (Å²) in [5.74, 6) is 0.925. The summed E-state index contributed by atoms with van der Waals surface area (Å²) in [5, 5.41) is 0. The number of hydrogen-bond acceptors (Lipinski definition) is 3. The van der Waals surface area contributed by atoms with E-state index in [0.717, 1.165) is 6.42 Å². The predicted molar refractivity (Wildman–Crippen MR) is 64.6 cm³/mol. The third-order valence-corrected chi connectivity index (χ3v) is 4.08. The quantitative estimate of drug-likeness (QED) is 0.770. The Hall–Kier alpha value is -1.03. The highest BCUT2D eigenvalue weighted by Gasteiger charge is 2.13. The van der Waals surface area contributed by atoms with Crippen LogP contribution in [0.2, 0.25) is 0 Å². The molecule has 16 heavy (non-hydrogen) atoms. The normalized spacial score (nSPS) is 11.4. The highest BCUT2D eigenvalue weighted by molar-refractivity contribution is 7.91. The Morgan fingerprint density at radius 1 is 1.12 bits per heavy atom. The molecule has 3 nitrogen and oxygen atoms in total. The average molecular weight is 242 g/mol. The van der Waals surface area contributed by atoms with E-state index in [-0.39, 0.29) is 5.75 Å².